The van der Waals surface area contributed by atoms with Crippen LogP contribution in [0.15, 0.2) is 36.4 Å². The quantitative estimate of drug-likeness (QED) is 0.679. The van der Waals surface area contributed by atoms with E-state index in [9.17, 15) is 4.79 Å². The van der Waals surface area contributed by atoms with Crippen LogP contribution in [0.4, 0.5) is 5.69 Å². The maximum Gasteiger partial charge on any atom is 0.340 e. The van der Waals surface area contributed by atoms with Crippen LogP contribution in [0, 0.1) is 6.92 Å². The van der Waals surface area contributed by atoms with Gasteiger partial charge in [0.2, 0.25) is 0 Å². The van der Waals surface area contributed by atoms with Gasteiger partial charge in [-0.25, -0.2) is 4.79 Å². The molecule has 110 valence electrons. The summed E-state index contributed by atoms with van der Waals surface area (Å²) < 4.78 is 10.7. The second-order valence-corrected chi connectivity index (χ2v) is 4.89. The van der Waals surface area contributed by atoms with Gasteiger partial charge in [0.25, 0.3) is 0 Å². The molecule has 0 aromatic heterocycles. The highest BCUT2D eigenvalue weighted by molar-refractivity contribution is 6.31. The number of carbonyl (C=O) groups excluding carboxylic acids is 1. The first-order chi connectivity index (χ1) is 10.0. The summed E-state index contributed by atoms with van der Waals surface area (Å²) in [7, 11) is 0. The van der Waals surface area contributed by atoms with Crippen molar-refractivity contribution in [2.45, 2.75) is 13.8 Å². The number of nitrogens with two attached hydrogens (primary N) is 1. The molecule has 0 unspecified atom stereocenters. The van der Waals surface area contributed by atoms with E-state index in [1.807, 2.05) is 13.0 Å². The van der Waals surface area contributed by atoms with Gasteiger partial charge < -0.3 is 15.2 Å². The van der Waals surface area contributed by atoms with Gasteiger partial charge in [-0.15, -0.1) is 0 Å². The van der Waals surface area contributed by atoms with Crippen molar-refractivity contribution in [3.63, 3.8) is 0 Å². The minimum absolute atomic E-state index is 0.291. The van der Waals surface area contributed by atoms with Crippen molar-refractivity contribution in [1.82, 2.24) is 0 Å². The van der Waals surface area contributed by atoms with Crippen molar-refractivity contribution in [1.29, 1.82) is 0 Å². The van der Waals surface area contributed by atoms with E-state index < -0.39 is 5.97 Å². The van der Waals surface area contributed by atoms with Crippen molar-refractivity contribution in [3.8, 4) is 11.5 Å². The number of halogens is 1. The highest BCUT2D eigenvalue weighted by atomic mass is 35.5. The van der Waals surface area contributed by atoms with E-state index in [0.29, 0.717) is 34.4 Å². The normalized spacial score (nSPS) is 10.2. The molecule has 21 heavy (non-hydrogen) atoms. The lowest BCUT2D eigenvalue weighted by molar-refractivity contribution is 0.0527. The summed E-state index contributed by atoms with van der Waals surface area (Å²) in [6.07, 6.45) is 0. The van der Waals surface area contributed by atoms with E-state index in [1.165, 1.54) is 0 Å². The summed E-state index contributed by atoms with van der Waals surface area (Å²) >= 11 is 5.97. The molecule has 0 spiro atoms. The minimum atomic E-state index is -0.465. The summed E-state index contributed by atoms with van der Waals surface area (Å²) in [6.45, 7) is 3.92. The lowest BCUT2D eigenvalue weighted by Gasteiger charge is -2.10. The lowest BCUT2D eigenvalue weighted by atomic mass is 10.1. The zero-order chi connectivity index (χ0) is 15.4. The highest BCUT2D eigenvalue weighted by Crippen LogP contribution is 2.28. The molecule has 0 aliphatic heterocycles. The number of carbonyl (C=O) groups is 1. The molecule has 2 N–H and O–H groups in total. The molecule has 0 saturated heterocycles. The first-order valence-corrected chi connectivity index (χ1v) is 6.89. The Labute approximate surface area is 128 Å². The van der Waals surface area contributed by atoms with Crippen LogP contribution in [-0.2, 0) is 4.74 Å². The number of nitrogen functional groups attached to an aromatic ring is 1. The van der Waals surface area contributed by atoms with E-state index >= 15 is 0 Å². The predicted octanol–water partition coefficient (Wildman–Crippen LogP) is 4.20. The number of aryl methyl sites for hydroxylation is 1. The maximum atomic E-state index is 11.8. The second kappa shape index (κ2) is 6.50. The summed E-state index contributed by atoms with van der Waals surface area (Å²) in [6, 6.07) is 10.2. The average Bonchev–Trinajstić information content (AvgIpc) is 2.45. The topological polar surface area (TPSA) is 61.5 Å². The van der Waals surface area contributed by atoms with Crippen molar-refractivity contribution >= 4 is 23.3 Å². The minimum Gasteiger partial charge on any atom is -0.462 e. The van der Waals surface area contributed by atoms with Gasteiger partial charge in [0, 0.05) is 10.7 Å². The first kappa shape index (κ1) is 15.2. The third-order valence-corrected chi connectivity index (χ3v) is 3.31. The van der Waals surface area contributed by atoms with Gasteiger partial charge in [0.05, 0.1) is 12.2 Å². The highest BCUT2D eigenvalue weighted by Gasteiger charge is 2.12. The predicted molar refractivity (Wildman–Crippen MR) is 83.1 cm³/mol. The molecule has 0 heterocycles. The molecule has 0 atom stereocenters. The van der Waals surface area contributed by atoms with E-state index in [2.05, 4.69) is 0 Å². The molecule has 4 nitrogen and oxygen atoms in total. The molecule has 5 heteroatoms. The maximum absolute atomic E-state index is 11.8. The summed E-state index contributed by atoms with van der Waals surface area (Å²) in [4.78, 5) is 11.8. The van der Waals surface area contributed by atoms with Crippen LogP contribution < -0.4 is 10.5 Å². The molecule has 0 radical (unpaired) electrons. The summed E-state index contributed by atoms with van der Waals surface area (Å²) in [5.41, 5.74) is 7.34. The van der Waals surface area contributed by atoms with Gasteiger partial charge in [-0.2, -0.15) is 0 Å². The van der Waals surface area contributed by atoms with Gasteiger partial charge in [0.15, 0.2) is 0 Å². The molecule has 2 aromatic carbocycles. The van der Waals surface area contributed by atoms with E-state index in [1.54, 1.807) is 37.3 Å². The number of hydrogen-bond donors (Lipinski definition) is 1. The molecule has 0 aliphatic carbocycles. The van der Waals surface area contributed by atoms with Gasteiger partial charge in [-0.05, 0) is 55.8 Å². The van der Waals surface area contributed by atoms with Crippen molar-refractivity contribution < 1.29 is 14.3 Å². The Morgan fingerprint density at radius 1 is 1.19 bits per heavy atom. The lowest BCUT2D eigenvalue weighted by Crippen LogP contribution is -2.08. The van der Waals surface area contributed by atoms with Crippen LogP contribution in [0.1, 0.15) is 22.8 Å². The molecule has 0 bridgehead atoms. The Morgan fingerprint density at radius 3 is 2.52 bits per heavy atom. The van der Waals surface area contributed by atoms with Crippen molar-refractivity contribution in [2.24, 2.45) is 0 Å². The number of anilines is 1. The van der Waals surface area contributed by atoms with Crippen molar-refractivity contribution in [2.75, 3.05) is 12.3 Å². The monoisotopic (exact) mass is 305 g/mol. The van der Waals surface area contributed by atoms with Crippen LogP contribution in [0.5, 0.6) is 11.5 Å². The van der Waals surface area contributed by atoms with Crippen LogP contribution in [0.2, 0.25) is 5.02 Å². The molecule has 2 rings (SSSR count). The molecule has 0 amide bonds. The molecular weight excluding hydrogens is 290 g/mol. The number of rotatable bonds is 4. The van der Waals surface area contributed by atoms with Crippen LogP contribution >= 0.6 is 11.6 Å². The van der Waals surface area contributed by atoms with E-state index in [4.69, 9.17) is 26.8 Å². The summed E-state index contributed by atoms with van der Waals surface area (Å²) in [5, 5.41) is 0.673. The van der Waals surface area contributed by atoms with Crippen LogP contribution in [0.25, 0.3) is 0 Å². The van der Waals surface area contributed by atoms with Crippen LogP contribution in [0.3, 0.4) is 0 Å². The Morgan fingerprint density at radius 2 is 1.86 bits per heavy atom. The summed E-state index contributed by atoms with van der Waals surface area (Å²) in [5.74, 6) is 0.679. The molecule has 0 aliphatic rings. The zero-order valence-corrected chi connectivity index (χ0v) is 12.6. The SMILES string of the molecule is CCOC(=O)c1cc(Oc2ccc(Cl)c(C)c2)ccc1N. The zero-order valence-electron chi connectivity index (χ0n) is 11.9. The Hall–Kier alpha value is -2.20. The smallest absolute Gasteiger partial charge is 0.340 e. The number of benzene rings is 2. The fraction of sp³-hybridized carbons (Fsp3) is 0.188. The molecule has 0 saturated carbocycles. The molecule has 0 fully saturated rings. The van der Waals surface area contributed by atoms with Gasteiger partial charge >= 0.3 is 5.97 Å². The third-order valence-electron chi connectivity index (χ3n) is 2.89. The third kappa shape index (κ3) is 3.67. The number of hydrogen-bond acceptors (Lipinski definition) is 4. The fourth-order valence-corrected chi connectivity index (χ4v) is 1.92. The second-order valence-electron chi connectivity index (χ2n) is 4.48. The first-order valence-electron chi connectivity index (χ1n) is 6.52. The number of ether oxygens (including phenoxy) is 2. The average molecular weight is 306 g/mol. The molecule has 2 aromatic rings. The fourth-order valence-electron chi connectivity index (χ4n) is 1.80. The largest absolute Gasteiger partial charge is 0.462 e. The number of esters is 1. The van der Waals surface area contributed by atoms with Gasteiger partial charge in [-0.3, -0.25) is 0 Å². The Bertz CT molecular complexity index is 671. The van der Waals surface area contributed by atoms with E-state index in [-0.39, 0.29) is 0 Å². The Balaban J connectivity index is 2.26. The Kier molecular flexibility index (Phi) is 4.70. The van der Waals surface area contributed by atoms with Crippen LogP contribution in [-0.4, -0.2) is 12.6 Å². The standard InChI is InChI=1S/C16H16ClNO3/c1-3-20-16(19)13-9-12(5-7-15(13)18)21-11-4-6-14(17)10(2)8-11/h4-9H,3,18H2,1-2H3. The molecular formula is C16H16ClNO3. The van der Waals surface area contributed by atoms with E-state index in [0.717, 1.165) is 5.56 Å². The van der Waals surface area contributed by atoms with Gasteiger partial charge in [0.1, 0.15) is 11.5 Å². The van der Waals surface area contributed by atoms with Crippen molar-refractivity contribution in [3.05, 3.63) is 52.5 Å². The van der Waals surface area contributed by atoms with Gasteiger partial charge in [-0.1, -0.05) is 11.6 Å².